The molecule has 0 saturated carbocycles. The van der Waals surface area contributed by atoms with Gasteiger partial charge in [-0.25, -0.2) is 9.78 Å². The lowest BCUT2D eigenvalue weighted by Gasteiger charge is -2.25. The molecule has 208 valence electrons. The number of rotatable bonds is 7. The number of aryl methyl sites for hydroxylation is 1. The first-order valence-corrected chi connectivity index (χ1v) is 13.2. The summed E-state index contributed by atoms with van der Waals surface area (Å²) in [7, 11) is 2.93. The zero-order valence-electron chi connectivity index (χ0n) is 22.2. The van der Waals surface area contributed by atoms with Gasteiger partial charge in [0, 0.05) is 11.1 Å². The summed E-state index contributed by atoms with van der Waals surface area (Å²) in [5.41, 5.74) is 0.754. The molecule has 0 radical (unpaired) electrons. The number of thiazole rings is 1. The van der Waals surface area contributed by atoms with Crippen molar-refractivity contribution in [3.8, 4) is 23.0 Å². The van der Waals surface area contributed by atoms with Gasteiger partial charge >= 0.3 is 11.9 Å². The van der Waals surface area contributed by atoms with E-state index in [-0.39, 0.29) is 27.8 Å². The number of carbonyl (C=O) groups is 3. The number of hydrogen-bond donors (Lipinski definition) is 1. The number of hydrogen-bond acceptors (Lipinski definition) is 11. The molecule has 11 nitrogen and oxygen atoms in total. The lowest BCUT2D eigenvalue weighted by atomic mass is 9.94. The van der Waals surface area contributed by atoms with Crippen molar-refractivity contribution in [1.82, 2.24) is 4.98 Å². The van der Waals surface area contributed by atoms with Gasteiger partial charge in [-0.3, -0.25) is 14.5 Å². The number of benzene rings is 2. The highest BCUT2D eigenvalue weighted by molar-refractivity contribution is 7.17. The molecule has 1 unspecified atom stereocenters. The average molecular weight is 567 g/mol. The molecular formula is C28H26N2O9S. The predicted octanol–water partition coefficient (Wildman–Crippen LogP) is 4.04. The molecule has 40 heavy (non-hydrogen) atoms. The van der Waals surface area contributed by atoms with Crippen molar-refractivity contribution >= 4 is 39.9 Å². The number of nitrogens with zero attached hydrogens (tertiary/aromatic N) is 2. The lowest BCUT2D eigenvalue weighted by molar-refractivity contribution is -0.132. The summed E-state index contributed by atoms with van der Waals surface area (Å²) < 4.78 is 27.3. The molecule has 12 heteroatoms. The van der Waals surface area contributed by atoms with Gasteiger partial charge in [0.2, 0.25) is 0 Å². The minimum absolute atomic E-state index is 0.0822. The van der Waals surface area contributed by atoms with Gasteiger partial charge in [0.25, 0.3) is 5.78 Å². The molecule has 2 aromatic carbocycles. The molecule has 1 aromatic heterocycles. The zero-order valence-corrected chi connectivity index (χ0v) is 23.0. The number of methoxy groups -OCH3 is 2. The van der Waals surface area contributed by atoms with E-state index in [2.05, 4.69) is 4.98 Å². The second-order valence-electron chi connectivity index (χ2n) is 8.77. The fraction of sp³-hybridized carbons (Fsp3) is 0.286. The smallest absolute Gasteiger partial charge is 0.350 e. The van der Waals surface area contributed by atoms with Crippen LogP contribution in [0, 0.1) is 6.92 Å². The first kappa shape index (κ1) is 27.0. The number of aromatic nitrogens is 1. The number of anilines is 1. The van der Waals surface area contributed by atoms with E-state index in [4.69, 9.17) is 23.7 Å². The van der Waals surface area contributed by atoms with Crippen LogP contribution < -0.4 is 23.8 Å². The number of fused-ring (bicyclic) bond motifs is 1. The van der Waals surface area contributed by atoms with Gasteiger partial charge in [-0.05, 0) is 50.2 Å². The normalized spacial score (nSPS) is 17.6. The highest BCUT2D eigenvalue weighted by atomic mass is 32.1. The maximum atomic E-state index is 13.6. The van der Waals surface area contributed by atoms with Crippen LogP contribution in [0.15, 0.2) is 42.0 Å². The van der Waals surface area contributed by atoms with Gasteiger partial charge in [-0.15, -0.1) is 0 Å². The fourth-order valence-corrected chi connectivity index (χ4v) is 5.58. The lowest BCUT2D eigenvalue weighted by Crippen LogP contribution is -2.29. The van der Waals surface area contributed by atoms with Crippen molar-refractivity contribution in [2.45, 2.75) is 19.9 Å². The summed E-state index contributed by atoms with van der Waals surface area (Å²) in [6, 6.07) is 8.49. The maximum Gasteiger partial charge on any atom is 0.350 e. The Balaban J connectivity index is 1.73. The van der Waals surface area contributed by atoms with Crippen molar-refractivity contribution in [2.24, 2.45) is 0 Å². The van der Waals surface area contributed by atoms with Crippen LogP contribution in [0.2, 0.25) is 0 Å². The molecule has 1 N–H and O–H groups in total. The minimum atomic E-state index is -1.17. The van der Waals surface area contributed by atoms with E-state index in [1.165, 1.54) is 14.2 Å². The van der Waals surface area contributed by atoms with E-state index in [1.807, 2.05) is 0 Å². The first-order chi connectivity index (χ1) is 19.3. The summed E-state index contributed by atoms with van der Waals surface area (Å²) in [6.45, 7) is 4.17. The highest BCUT2D eigenvalue weighted by Gasteiger charge is 2.49. The Kier molecular flexibility index (Phi) is 7.35. The summed E-state index contributed by atoms with van der Waals surface area (Å²) in [4.78, 5) is 45.5. The Hall–Kier alpha value is -4.58. The monoisotopic (exact) mass is 566 g/mol. The van der Waals surface area contributed by atoms with Gasteiger partial charge in [0.15, 0.2) is 16.6 Å². The van der Waals surface area contributed by atoms with Crippen LogP contribution in [-0.4, -0.2) is 61.8 Å². The van der Waals surface area contributed by atoms with Crippen LogP contribution in [0.4, 0.5) is 5.13 Å². The molecule has 1 atom stereocenters. The SMILES string of the molecule is CCOC(=O)c1sc(N2C(=O)C(=O)C(=C(O)c3ccc4c(c3)OCCO4)C2c2cc(OC)ccc2OC)nc1C. The van der Waals surface area contributed by atoms with E-state index in [9.17, 15) is 19.5 Å². The summed E-state index contributed by atoms with van der Waals surface area (Å²) in [5, 5.41) is 11.6. The van der Waals surface area contributed by atoms with Crippen molar-refractivity contribution in [2.75, 3.05) is 38.9 Å². The predicted molar refractivity (Wildman–Crippen MR) is 145 cm³/mol. The number of aliphatic hydroxyl groups excluding tert-OH is 1. The van der Waals surface area contributed by atoms with Crippen LogP contribution in [-0.2, 0) is 14.3 Å². The topological polar surface area (TPSA) is 134 Å². The van der Waals surface area contributed by atoms with Crippen molar-refractivity contribution < 1.29 is 43.2 Å². The van der Waals surface area contributed by atoms with Crippen LogP contribution in [0.3, 0.4) is 0 Å². The maximum absolute atomic E-state index is 13.6. The number of ketones is 1. The third kappa shape index (κ3) is 4.60. The van der Waals surface area contributed by atoms with Gasteiger partial charge in [0.1, 0.15) is 41.4 Å². The van der Waals surface area contributed by atoms with E-state index in [0.717, 1.165) is 16.2 Å². The number of carbonyl (C=O) groups excluding carboxylic acids is 3. The molecular weight excluding hydrogens is 540 g/mol. The molecule has 1 amide bonds. The number of ether oxygens (including phenoxy) is 5. The molecule has 3 heterocycles. The molecule has 3 aromatic rings. The van der Waals surface area contributed by atoms with E-state index >= 15 is 0 Å². The van der Waals surface area contributed by atoms with Crippen molar-refractivity contribution in [1.29, 1.82) is 0 Å². The number of aliphatic hydroxyl groups is 1. The number of amides is 1. The molecule has 0 aliphatic carbocycles. The number of esters is 1. The van der Waals surface area contributed by atoms with Gasteiger partial charge in [-0.2, -0.15) is 0 Å². The zero-order chi connectivity index (χ0) is 28.6. The van der Waals surface area contributed by atoms with Crippen LogP contribution in [0.25, 0.3) is 5.76 Å². The van der Waals surface area contributed by atoms with Crippen LogP contribution >= 0.6 is 11.3 Å². The summed E-state index contributed by atoms with van der Waals surface area (Å²) in [6.07, 6.45) is 0. The third-order valence-electron chi connectivity index (χ3n) is 6.44. The van der Waals surface area contributed by atoms with Crippen LogP contribution in [0.1, 0.15) is 39.5 Å². The molecule has 2 aliphatic heterocycles. The van der Waals surface area contributed by atoms with Crippen molar-refractivity contribution in [3.05, 3.63) is 63.7 Å². The van der Waals surface area contributed by atoms with Gasteiger partial charge in [0.05, 0.1) is 32.1 Å². The highest BCUT2D eigenvalue weighted by Crippen LogP contribution is 2.47. The Morgan fingerprint density at radius 1 is 1.10 bits per heavy atom. The largest absolute Gasteiger partial charge is 0.507 e. The molecule has 2 aliphatic rings. The minimum Gasteiger partial charge on any atom is -0.507 e. The molecule has 0 bridgehead atoms. The summed E-state index contributed by atoms with van der Waals surface area (Å²) >= 11 is 0.915. The van der Waals surface area contributed by atoms with E-state index in [0.29, 0.717) is 47.5 Å². The molecule has 5 rings (SSSR count). The second kappa shape index (κ2) is 10.9. The summed E-state index contributed by atoms with van der Waals surface area (Å²) in [5.74, 6) is -1.22. The van der Waals surface area contributed by atoms with Crippen LogP contribution in [0.5, 0.6) is 23.0 Å². The Morgan fingerprint density at radius 2 is 1.85 bits per heavy atom. The molecule has 0 spiro atoms. The molecule has 1 saturated heterocycles. The Labute approximate surface area is 233 Å². The quantitative estimate of drug-likeness (QED) is 0.193. The first-order valence-electron chi connectivity index (χ1n) is 12.4. The van der Waals surface area contributed by atoms with Gasteiger partial charge < -0.3 is 28.8 Å². The third-order valence-corrected chi connectivity index (χ3v) is 7.58. The number of Topliss-reactive ketones (excluding diaryl/α,β-unsaturated/α-hetero) is 1. The standard InChI is InChI=1S/C28H26N2O9S/c1-5-37-27(34)25-14(2)29-28(40-25)30-22(17-13-16(35-3)7-9-18(17)36-4)21(24(32)26(30)33)23(31)15-6-8-19-20(12-15)39-11-10-38-19/h6-9,12-13,22,31H,5,10-11H2,1-4H3. The van der Waals surface area contributed by atoms with Gasteiger partial charge in [-0.1, -0.05) is 11.3 Å². The average Bonchev–Trinajstić information content (AvgIpc) is 3.48. The fourth-order valence-electron chi connectivity index (χ4n) is 4.59. The molecule has 1 fully saturated rings. The van der Waals surface area contributed by atoms with Crippen molar-refractivity contribution in [3.63, 3.8) is 0 Å². The second-order valence-corrected chi connectivity index (χ2v) is 9.74. The van der Waals surface area contributed by atoms with E-state index in [1.54, 1.807) is 50.2 Å². The Morgan fingerprint density at radius 3 is 2.55 bits per heavy atom. The van der Waals surface area contributed by atoms with E-state index < -0.39 is 29.5 Å². The Bertz CT molecular complexity index is 1540.